The molecular formula is C21H23F3N2O. The van der Waals surface area contributed by atoms with Gasteiger partial charge in [-0.05, 0) is 61.7 Å². The average molecular weight is 376 g/mol. The SMILES string of the molecule is O=C(NCC1CCN(Cc2ccccc2)CC1)c1ccc(C(F)(F)F)cc1. The summed E-state index contributed by atoms with van der Waals surface area (Å²) in [5.41, 5.74) is 0.806. The van der Waals surface area contributed by atoms with Crippen LogP contribution in [0.2, 0.25) is 0 Å². The number of amides is 1. The summed E-state index contributed by atoms with van der Waals surface area (Å²) in [5.74, 6) is 0.0749. The van der Waals surface area contributed by atoms with Gasteiger partial charge in [-0.15, -0.1) is 0 Å². The summed E-state index contributed by atoms with van der Waals surface area (Å²) >= 11 is 0. The molecule has 0 spiro atoms. The number of halogens is 3. The minimum absolute atomic E-state index is 0.254. The van der Waals surface area contributed by atoms with Crippen LogP contribution in [0.1, 0.15) is 34.3 Å². The van der Waals surface area contributed by atoms with E-state index in [0.717, 1.165) is 44.6 Å². The molecule has 0 aliphatic carbocycles. The zero-order valence-electron chi connectivity index (χ0n) is 15.0. The van der Waals surface area contributed by atoms with Gasteiger partial charge in [0.15, 0.2) is 0 Å². The standard InChI is InChI=1S/C21H23F3N2O/c22-21(23,24)19-8-6-18(7-9-19)20(27)25-14-16-10-12-26(13-11-16)15-17-4-2-1-3-5-17/h1-9,16H,10-15H2,(H,25,27). The first kappa shape index (κ1) is 19.4. The fraction of sp³-hybridized carbons (Fsp3) is 0.381. The van der Waals surface area contributed by atoms with E-state index in [0.29, 0.717) is 12.5 Å². The van der Waals surface area contributed by atoms with Crippen LogP contribution in [0.15, 0.2) is 54.6 Å². The zero-order chi connectivity index (χ0) is 19.3. The second kappa shape index (κ2) is 8.57. The van der Waals surface area contributed by atoms with Crippen molar-refractivity contribution >= 4 is 5.91 Å². The highest BCUT2D eigenvalue weighted by atomic mass is 19.4. The van der Waals surface area contributed by atoms with E-state index in [1.54, 1.807) is 0 Å². The average Bonchev–Trinajstić information content (AvgIpc) is 2.67. The third-order valence-electron chi connectivity index (χ3n) is 4.98. The smallest absolute Gasteiger partial charge is 0.352 e. The number of benzene rings is 2. The molecule has 0 unspecified atom stereocenters. The lowest BCUT2D eigenvalue weighted by atomic mass is 9.96. The van der Waals surface area contributed by atoms with Crippen molar-refractivity contribution in [3.05, 3.63) is 71.3 Å². The van der Waals surface area contributed by atoms with E-state index in [1.807, 2.05) is 18.2 Å². The Labute approximate surface area is 157 Å². The van der Waals surface area contributed by atoms with Gasteiger partial charge in [-0.25, -0.2) is 0 Å². The minimum Gasteiger partial charge on any atom is -0.352 e. The van der Waals surface area contributed by atoms with Crippen LogP contribution >= 0.6 is 0 Å². The second-order valence-corrected chi connectivity index (χ2v) is 6.99. The molecule has 1 fully saturated rings. The summed E-state index contributed by atoms with van der Waals surface area (Å²) < 4.78 is 37.7. The largest absolute Gasteiger partial charge is 0.416 e. The van der Waals surface area contributed by atoms with Crippen LogP contribution in [0.3, 0.4) is 0 Å². The van der Waals surface area contributed by atoms with Crippen LogP contribution in [0, 0.1) is 5.92 Å². The molecule has 1 amide bonds. The Morgan fingerprint density at radius 1 is 1.00 bits per heavy atom. The molecule has 0 bridgehead atoms. The fourth-order valence-corrected chi connectivity index (χ4v) is 3.34. The lowest BCUT2D eigenvalue weighted by Gasteiger charge is -2.32. The number of alkyl halides is 3. The first-order valence-electron chi connectivity index (χ1n) is 9.13. The highest BCUT2D eigenvalue weighted by Gasteiger charge is 2.30. The van der Waals surface area contributed by atoms with Crippen molar-refractivity contribution in [1.29, 1.82) is 0 Å². The number of carbonyl (C=O) groups is 1. The van der Waals surface area contributed by atoms with Crippen molar-refractivity contribution in [3.8, 4) is 0 Å². The zero-order valence-corrected chi connectivity index (χ0v) is 15.0. The van der Waals surface area contributed by atoms with Crippen molar-refractivity contribution in [2.75, 3.05) is 19.6 Å². The first-order valence-corrected chi connectivity index (χ1v) is 9.13. The highest BCUT2D eigenvalue weighted by Crippen LogP contribution is 2.29. The van der Waals surface area contributed by atoms with Crippen LogP contribution in [-0.4, -0.2) is 30.4 Å². The Morgan fingerprint density at radius 2 is 1.63 bits per heavy atom. The van der Waals surface area contributed by atoms with Gasteiger partial charge in [0.2, 0.25) is 0 Å². The monoisotopic (exact) mass is 376 g/mol. The van der Waals surface area contributed by atoms with Gasteiger partial charge in [0.1, 0.15) is 0 Å². The molecule has 3 nitrogen and oxygen atoms in total. The lowest BCUT2D eigenvalue weighted by Crippen LogP contribution is -2.38. The van der Waals surface area contributed by atoms with Crippen molar-refractivity contribution in [3.63, 3.8) is 0 Å². The third kappa shape index (κ3) is 5.57. The van der Waals surface area contributed by atoms with E-state index in [4.69, 9.17) is 0 Å². The van der Waals surface area contributed by atoms with Crippen molar-refractivity contribution in [2.24, 2.45) is 5.92 Å². The van der Waals surface area contributed by atoms with E-state index in [1.165, 1.54) is 17.7 Å². The van der Waals surface area contributed by atoms with E-state index in [9.17, 15) is 18.0 Å². The molecule has 1 aliphatic heterocycles. The van der Waals surface area contributed by atoms with Crippen molar-refractivity contribution in [1.82, 2.24) is 10.2 Å². The highest BCUT2D eigenvalue weighted by molar-refractivity contribution is 5.94. The first-order chi connectivity index (χ1) is 12.9. The topological polar surface area (TPSA) is 32.3 Å². The molecule has 0 aromatic heterocycles. The second-order valence-electron chi connectivity index (χ2n) is 6.99. The van der Waals surface area contributed by atoms with Crippen LogP contribution in [0.5, 0.6) is 0 Å². The van der Waals surface area contributed by atoms with Gasteiger partial charge < -0.3 is 5.32 Å². The Bertz CT molecular complexity index is 736. The van der Waals surface area contributed by atoms with Gasteiger partial charge in [-0.2, -0.15) is 13.2 Å². The summed E-state index contributed by atoms with van der Waals surface area (Å²) in [6.07, 6.45) is -2.39. The summed E-state index contributed by atoms with van der Waals surface area (Å²) in [6, 6.07) is 14.7. The Balaban J connectivity index is 1.42. The molecule has 3 rings (SSSR count). The van der Waals surface area contributed by atoms with Crippen LogP contribution < -0.4 is 5.32 Å². The predicted molar refractivity (Wildman–Crippen MR) is 98.2 cm³/mol. The number of rotatable bonds is 5. The van der Waals surface area contributed by atoms with Crippen molar-refractivity contribution in [2.45, 2.75) is 25.6 Å². The van der Waals surface area contributed by atoms with Crippen LogP contribution in [-0.2, 0) is 12.7 Å². The number of hydrogen-bond acceptors (Lipinski definition) is 2. The molecule has 1 heterocycles. The normalized spacial score (nSPS) is 16.3. The van der Waals surface area contributed by atoms with Gasteiger partial charge in [0, 0.05) is 18.7 Å². The fourth-order valence-electron chi connectivity index (χ4n) is 3.34. The van der Waals surface area contributed by atoms with Gasteiger partial charge >= 0.3 is 6.18 Å². The van der Waals surface area contributed by atoms with Crippen LogP contribution in [0.4, 0.5) is 13.2 Å². The maximum absolute atomic E-state index is 12.6. The summed E-state index contributed by atoms with van der Waals surface area (Å²) in [6.45, 7) is 3.45. The van der Waals surface area contributed by atoms with E-state index in [2.05, 4.69) is 22.3 Å². The third-order valence-corrected chi connectivity index (χ3v) is 4.98. The quantitative estimate of drug-likeness (QED) is 0.842. The van der Waals surface area contributed by atoms with E-state index < -0.39 is 11.7 Å². The number of nitrogens with zero attached hydrogens (tertiary/aromatic N) is 1. The maximum Gasteiger partial charge on any atom is 0.416 e. The molecular weight excluding hydrogens is 353 g/mol. The molecule has 1 aliphatic rings. The van der Waals surface area contributed by atoms with Gasteiger partial charge in [0.05, 0.1) is 5.56 Å². The molecule has 27 heavy (non-hydrogen) atoms. The summed E-state index contributed by atoms with van der Waals surface area (Å²) in [5, 5.41) is 2.85. The van der Waals surface area contributed by atoms with E-state index >= 15 is 0 Å². The Morgan fingerprint density at radius 3 is 2.22 bits per heavy atom. The predicted octanol–water partition coefficient (Wildman–Crippen LogP) is 4.35. The number of hydrogen-bond donors (Lipinski definition) is 1. The molecule has 0 radical (unpaired) electrons. The molecule has 6 heteroatoms. The van der Waals surface area contributed by atoms with Crippen molar-refractivity contribution < 1.29 is 18.0 Å². The maximum atomic E-state index is 12.6. The van der Waals surface area contributed by atoms with Crippen LogP contribution in [0.25, 0.3) is 0 Å². The molecule has 2 aromatic carbocycles. The lowest BCUT2D eigenvalue weighted by molar-refractivity contribution is -0.137. The molecule has 1 saturated heterocycles. The minimum atomic E-state index is -4.39. The summed E-state index contributed by atoms with van der Waals surface area (Å²) in [4.78, 5) is 14.6. The number of nitrogens with one attached hydrogen (secondary N) is 1. The summed E-state index contributed by atoms with van der Waals surface area (Å²) in [7, 11) is 0. The van der Waals surface area contributed by atoms with Gasteiger partial charge in [0.25, 0.3) is 5.91 Å². The molecule has 2 aromatic rings. The number of carbonyl (C=O) groups excluding carboxylic acids is 1. The van der Waals surface area contributed by atoms with E-state index in [-0.39, 0.29) is 11.5 Å². The molecule has 144 valence electrons. The Kier molecular flexibility index (Phi) is 6.16. The Hall–Kier alpha value is -2.34. The molecule has 0 atom stereocenters. The van der Waals surface area contributed by atoms with Gasteiger partial charge in [-0.3, -0.25) is 9.69 Å². The molecule has 1 N–H and O–H groups in total. The van der Waals surface area contributed by atoms with Gasteiger partial charge in [-0.1, -0.05) is 30.3 Å². The number of piperidine rings is 1. The molecule has 0 saturated carbocycles. The number of likely N-dealkylation sites (tertiary alicyclic amines) is 1.